The first-order chi connectivity index (χ1) is 18.4. The minimum absolute atomic E-state index is 0. The first-order valence-corrected chi connectivity index (χ1v) is 12.8. The van der Waals surface area contributed by atoms with E-state index in [0.29, 0.717) is 16.8 Å². The minimum Gasteiger partial charge on any atom is -0.572 e. The summed E-state index contributed by atoms with van der Waals surface area (Å²) in [4.78, 5) is 18.1. The van der Waals surface area contributed by atoms with Gasteiger partial charge in [-0.3, -0.25) is 20.1 Å². The van der Waals surface area contributed by atoms with Crippen molar-refractivity contribution in [1.82, 2.24) is 9.97 Å². The van der Waals surface area contributed by atoms with E-state index in [0.717, 1.165) is 0 Å². The number of hydrogen-bond donors (Lipinski definition) is 0. The Labute approximate surface area is 241 Å². The molecule has 0 radical (unpaired) electrons. The van der Waals surface area contributed by atoms with Crippen LogP contribution in [0.25, 0.3) is 16.0 Å². The molecule has 0 atom stereocenters. The van der Waals surface area contributed by atoms with Gasteiger partial charge in [-0.15, -0.1) is 5.69 Å². The summed E-state index contributed by atoms with van der Waals surface area (Å²) in [5, 5.41) is 11.3. The Balaban J connectivity index is 0.000000336. The third-order valence-electron chi connectivity index (χ3n) is 4.83. The Morgan fingerprint density at radius 1 is 0.821 bits per heavy atom. The van der Waals surface area contributed by atoms with Gasteiger partial charge in [0.1, 0.15) is 14.9 Å². The predicted octanol–water partition coefficient (Wildman–Crippen LogP) is 6.93. The van der Waals surface area contributed by atoms with Crippen molar-refractivity contribution >= 4 is 21.4 Å². The average molecular weight is 631 g/mol. The molecule has 5 rings (SSSR count). The van der Waals surface area contributed by atoms with Crippen LogP contribution in [0.3, 0.4) is 0 Å². The van der Waals surface area contributed by atoms with Gasteiger partial charge in [-0.1, -0.05) is 42.5 Å². The van der Waals surface area contributed by atoms with Crippen molar-refractivity contribution in [2.45, 2.75) is 11.8 Å². The van der Waals surface area contributed by atoms with Crippen LogP contribution < -0.4 is 0 Å². The van der Waals surface area contributed by atoms with Gasteiger partial charge in [-0.05, 0) is 48.4 Å². The van der Waals surface area contributed by atoms with E-state index in [2.05, 4.69) is 20.8 Å². The number of nitro groups is 1. The zero-order valence-corrected chi connectivity index (χ0v) is 23.1. The molecule has 0 aliphatic heterocycles. The second kappa shape index (κ2) is 15.9. The van der Waals surface area contributed by atoms with E-state index in [1.807, 2.05) is 48.5 Å². The monoisotopic (exact) mass is 630 g/mol. The molecule has 0 saturated heterocycles. The van der Waals surface area contributed by atoms with E-state index in [1.54, 1.807) is 61.9 Å². The first-order valence-electron chi connectivity index (χ1n) is 11.4. The second-order valence-electron chi connectivity index (χ2n) is 7.63. The number of nitrogens with zero attached hydrogens (tertiary/aromatic N) is 4. The van der Waals surface area contributed by atoms with Gasteiger partial charge in [0.05, 0.1) is 10.6 Å². The maximum absolute atomic E-state index is 12.7. The molecule has 0 fully saturated rings. The van der Waals surface area contributed by atoms with E-state index < -0.39 is 25.5 Å². The molecule has 5 aromatic rings. The van der Waals surface area contributed by atoms with Crippen LogP contribution in [0.2, 0.25) is 0 Å². The van der Waals surface area contributed by atoms with Crippen LogP contribution in [0.1, 0.15) is 5.56 Å². The molecule has 0 bridgehead atoms. The molecule has 8 nitrogen and oxygen atoms in total. The van der Waals surface area contributed by atoms with Gasteiger partial charge >= 0.3 is 20.4 Å². The summed E-state index contributed by atoms with van der Waals surface area (Å²) in [7, 11) is -4.28. The Morgan fingerprint density at radius 3 is 1.97 bits per heavy atom. The fraction of sp³-hybridized carbons (Fsp3) is 0.0345. The summed E-state index contributed by atoms with van der Waals surface area (Å²) in [6, 6.07) is 34.0. The van der Waals surface area contributed by atoms with Gasteiger partial charge in [0.2, 0.25) is 0 Å². The van der Waals surface area contributed by atoms with Crippen molar-refractivity contribution in [2.75, 3.05) is 0 Å². The molecular weight excluding hydrogens is 607 g/mol. The maximum Gasteiger partial charge on any atom is 2.00 e. The smallest absolute Gasteiger partial charge is 0.572 e. The Bertz CT molecular complexity index is 1460. The van der Waals surface area contributed by atoms with Crippen LogP contribution in [0.4, 0.5) is 11.4 Å². The van der Waals surface area contributed by atoms with Gasteiger partial charge in [-0.25, -0.2) is 8.42 Å². The van der Waals surface area contributed by atoms with Crippen molar-refractivity contribution in [2.24, 2.45) is 0 Å². The van der Waals surface area contributed by atoms with Gasteiger partial charge in [0.15, 0.2) is 0 Å². The molecule has 200 valence electrons. The van der Waals surface area contributed by atoms with Crippen molar-refractivity contribution in [1.29, 1.82) is 0 Å². The quantitative estimate of drug-likeness (QED) is 0.0900. The molecular formula is C29H24N4O4PdS. The Kier molecular flexibility index (Phi) is 12.6. The van der Waals surface area contributed by atoms with Crippen LogP contribution in [0.15, 0.2) is 133 Å². The number of aromatic nitrogens is 2. The molecule has 0 spiro atoms. The maximum atomic E-state index is 12.7. The topological polar surface area (TPSA) is 117 Å². The first kappa shape index (κ1) is 31.0. The summed E-state index contributed by atoms with van der Waals surface area (Å²) in [5.41, 5.74) is 1.33. The summed E-state index contributed by atoms with van der Waals surface area (Å²) in [6.45, 7) is 1.65. The number of hydrogen-bond acceptors (Lipinski definition) is 6. The average Bonchev–Trinajstić information content (AvgIpc) is 2.96. The third kappa shape index (κ3) is 9.87. The number of rotatable bonds is 5. The molecule has 39 heavy (non-hydrogen) atoms. The van der Waals surface area contributed by atoms with Crippen LogP contribution in [-0.2, 0) is 30.4 Å². The van der Waals surface area contributed by atoms with E-state index in [-0.39, 0.29) is 26.1 Å². The van der Waals surface area contributed by atoms with Gasteiger partial charge in [0, 0.05) is 24.7 Å². The van der Waals surface area contributed by atoms with Crippen LogP contribution in [-0.4, -0.2) is 23.3 Å². The molecule has 0 amide bonds. The van der Waals surface area contributed by atoms with Crippen molar-refractivity contribution in [3.63, 3.8) is 0 Å². The summed E-state index contributed by atoms with van der Waals surface area (Å²) in [6.07, 6.45) is 5.09. The Hall–Kier alpha value is -4.23. The van der Waals surface area contributed by atoms with Gasteiger partial charge < -0.3 is 4.72 Å². The fourth-order valence-corrected chi connectivity index (χ4v) is 4.27. The van der Waals surface area contributed by atoms with E-state index in [9.17, 15) is 18.5 Å². The molecule has 0 unspecified atom stereocenters. The van der Waals surface area contributed by atoms with Crippen molar-refractivity contribution < 1.29 is 33.8 Å². The van der Waals surface area contributed by atoms with Gasteiger partial charge in [0.25, 0.3) is 5.69 Å². The zero-order chi connectivity index (χ0) is 27.2. The SMILES string of the molecule is Cc1ccc(S(=O)(=O)[N-]c2ccccc2-c2ccccn2)c([N+](=O)[O-])c1.[Pd+2].[c-]1ccccc1.c1ccncc1. The number of benzene rings is 3. The van der Waals surface area contributed by atoms with Crippen molar-refractivity contribution in [3.8, 4) is 11.3 Å². The van der Waals surface area contributed by atoms with Gasteiger partial charge in [-0.2, -0.15) is 36.4 Å². The van der Waals surface area contributed by atoms with Crippen LogP contribution in [0.5, 0.6) is 0 Å². The molecule has 0 aliphatic carbocycles. The molecule has 10 heteroatoms. The number of nitro benzene ring substituents is 1. The molecule has 0 N–H and O–H groups in total. The second-order valence-corrected chi connectivity index (χ2v) is 9.20. The van der Waals surface area contributed by atoms with Crippen LogP contribution in [0, 0.1) is 23.1 Å². The van der Waals surface area contributed by atoms with Crippen molar-refractivity contribution in [3.05, 3.63) is 154 Å². The number of aryl methyl sites for hydroxylation is 1. The third-order valence-corrected chi connectivity index (χ3v) is 6.16. The normalized spacial score (nSPS) is 9.87. The Morgan fingerprint density at radius 2 is 1.46 bits per heavy atom. The van der Waals surface area contributed by atoms with E-state index in [1.165, 1.54) is 24.3 Å². The summed E-state index contributed by atoms with van der Waals surface area (Å²) >= 11 is 0. The van der Waals surface area contributed by atoms with Crippen LogP contribution >= 0.6 is 0 Å². The molecule has 0 saturated carbocycles. The fourth-order valence-electron chi connectivity index (χ4n) is 3.11. The molecule has 0 aliphatic rings. The molecule has 2 aromatic heterocycles. The largest absolute Gasteiger partial charge is 2.00 e. The van der Waals surface area contributed by atoms with E-state index in [4.69, 9.17) is 0 Å². The standard InChI is InChI=1S/C18H14N3O4S.C6H5.C5H5N.Pd/c1-13-9-10-18(17(12-13)21(22)23)26(24,25)20-16-8-3-2-6-14(16)15-7-4-5-11-19-15;2*1-2-4-6-5-3-1;/h2-12H,1H3;2*1-5H;/q2*-1;;+2. The minimum atomic E-state index is -4.28. The number of sulfonamides is 1. The summed E-state index contributed by atoms with van der Waals surface area (Å²) < 4.78 is 29.3. The number of pyridine rings is 2. The zero-order valence-electron chi connectivity index (χ0n) is 20.8. The summed E-state index contributed by atoms with van der Waals surface area (Å²) in [5.74, 6) is 0. The molecule has 3 aromatic carbocycles. The molecule has 2 heterocycles. The van der Waals surface area contributed by atoms with E-state index >= 15 is 0 Å². The predicted molar refractivity (Wildman–Crippen MR) is 147 cm³/mol.